The number of anilines is 1. The van der Waals surface area contributed by atoms with Gasteiger partial charge in [-0.3, -0.25) is 4.57 Å². The van der Waals surface area contributed by atoms with Crippen LogP contribution in [0.3, 0.4) is 0 Å². The van der Waals surface area contributed by atoms with Crippen LogP contribution in [0.5, 0.6) is 0 Å². The van der Waals surface area contributed by atoms with Crippen molar-refractivity contribution < 1.29 is 18.3 Å². The smallest absolute Gasteiger partial charge is 0.359 e. The van der Waals surface area contributed by atoms with Gasteiger partial charge in [-0.2, -0.15) is 8.78 Å². The van der Waals surface area contributed by atoms with Crippen LogP contribution in [0.25, 0.3) is 11.0 Å². The summed E-state index contributed by atoms with van der Waals surface area (Å²) in [5.74, 6) is -1.14. The number of para-hydroxylation sites is 2. The highest BCUT2D eigenvalue weighted by molar-refractivity contribution is 6.46. The maximum absolute atomic E-state index is 13.5. The van der Waals surface area contributed by atoms with Crippen LogP contribution >= 0.6 is 34.8 Å². The quantitative estimate of drug-likeness (QED) is 0.445. The van der Waals surface area contributed by atoms with Gasteiger partial charge in [0.05, 0.1) is 21.7 Å². The maximum Gasteiger partial charge on any atom is 0.359 e. The van der Waals surface area contributed by atoms with Crippen molar-refractivity contribution in [3.63, 3.8) is 0 Å². The number of halogens is 5. The minimum absolute atomic E-state index is 0.106. The monoisotopic (exact) mass is 434 g/mol. The van der Waals surface area contributed by atoms with E-state index in [2.05, 4.69) is 9.97 Å². The number of nitrogens with zero attached hydrogens (tertiary/aromatic N) is 3. The van der Waals surface area contributed by atoms with Gasteiger partial charge < -0.3 is 10.5 Å². The molecule has 0 fully saturated rings. The number of hydrogen-bond acceptors (Lipinski definition) is 5. The summed E-state index contributed by atoms with van der Waals surface area (Å²) in [6.45, 7) is -1.48. The van der Waals surface area contributed by atoms with Crippen LogP contribution in [0.2, 0.25) is 15.2 Å². The number of pyridine rings is 1. The molecule has 1 aromatic carbocycles. The standard InChI is InChI=1S/C16H11Cl3F2N4O2/c1-6(14-23-7-4-2-3-5-8(7)25(14)16(20)21)27-15(26)12-9(17)11(22)10(18)13(19)24-12/h2-6,16H,1H3,(H2,22,24)/t6-/m1/s1. The Kier molecular flexibility index (Phi) is 5.41. The fourth-order valence-electron chi connectivity index (χ4n) is 2.49. The van der Waals surface area contributed by atoms with Crippen molar-refractivity contribution in [1.82, 2.24) is 14.5 Å². The number of fused-ring (bicyclic) bond motifs is 1. The van der Waals surface area contributed by atoms with E-state index >= 15 is 0 Å². The lowest BCUT2D eigenvalue weighted by Gasteiger charge is -2.16. The highest BCUT2D eigenvalue weighted by Gasteiger charge is 2.27. The average molecular weight is 436 g/mol. The zero-order valence-corrected chi connectivity index (χ0v) is 15.9. The predicted octanol–water partition coefficient (Wildman–Crippen LogP) is 5.29. The largest absolute Gasteiger partial charge is 0.450 e. The fraction of sp³-hybridized carbons (Fsp3) is 0.188. The van der Waals surface area contributed by atoms with E-state index in [1.54, 1.807) is 18.2 Å². The molecule has 27 heavy (non-hydrogen) atoms. The van der Waals surface area contributed by atoms with E-state index in [1.807, 2.05) is 0 Å². The third kappa shape index (κ3) is 3.52. The molecule has 0 aliphatic heterocycles. The summed E-state index contributed by atoms with van der Waals surface area (Å²) in [5, 5.41) is -0.590. The van der Waals surface area contributed by atoms with Crippen molar-refractivity contribution in [2.24, 2.45) is 0 Å². The number of nitrogen functional groups attached to an aromatic ring is 1. The van der Waals surface area contributed by atoms with Crippen molar-refractivity contribution in [2.75, 3.05) is 5.73 Å². The number of alkyl halides is 2. The summed E-state index contributed by atoms with van der Waals surface area (Å²) in [4.78, 5) is 20.3. The Morgan fingerprint density at radius 2 is 1.85 bits per heavy atom. The molecule has 11 heteroatoms. The van der Waals surface area contributed by atoms with Crippen LogP contribution in [-0.2, 0) is 4.74 Å². The second-order valence-corrected chi connectivity index (χ2v) is 6.56. The highest BCUT2D eigenvalue weighted by Crippen LogP contribution is 2.35. The summed E-state index contributed by atoms with van der Waals surface area (Å²) in [5.41, 5.74) is 5.69. The van der Waals surface area contributed by atoms with E-state index in [0.717, 1.165) is 0 Å². The zero-order valence-electron chi connectivity index (χ0n) is 13.6. The molecule has 142 valence electrons. The summed E-state index contributed by atoms with van der Waals surface area (Å²) < 4.78 is 33.0. The van der Waals surface area contributed by atoms with Crippen LogP contribution < -0.4 is 5.73 Å². The van der Waals surface area contributed by atoms with Gasteiger partial charge in [-0.15, -0.1) is 0 Å². The van der Waals surface area contributed by atoms with Gasteiger partial charge in [0.25, 0.3) is 0 Å². The third-order valence-electron chi connectivity index (χ3n) is 3.73. The van der Waals surface area contributed by atoms with E-state index in [4.69, 9.17) is 45.3 Å². The average Bonchev–Trinajstić information content (AvgIpc) is 3.02. The summed E-state index contributed by atoms with van der Waals surface area (Å²) in [6.07, 6.45) is -1.13. The first-order valence-electron chi connectivity index (χ1n) is 7.48. The van der Waals surface area contributed by atoms with Gasteiger partial charge >= 0.3 is 12.5 Å². The van der Waals surface area contributed by atoms with Gasteiger partial charge in [-0.05, 0) is 19.1 Å². The highest BCUT2D eigenvalue weighted by atomic mass is 35.5. The number of aromatic nitrogens is 3. The first-order chi connectivity index (χ1) is 12.7. The maximum atomic E-state index is 13.5. The molecule has 3 aromatic rings. The van der Waals surface area contributed by atoms with Crippen LogP contribution in [-0.4, -0.2) is 20.5 Å². The van der Waals surface area contributed by atoms with E-state index in [-0.39, 0.29) is 37.9 Å². The van der Waals surface area contributed by atoms with Gasteiger partial charge in [0.2, 0.25) is 0 Å². The molecule has 0 bridgehead atoms. The molecule has 0 spiro atoms. The van der Waals surface area contributed by atoms with Crippen LogP contribution in [0.4, 0.5) is 14.5 Å². The molecule has 0 unspecified atom stereocenters. The molecule has 3 rings (SSSR count). The lowest BCUT2D eigenvalue weighted by Crippen LogP contribution is -2.16. The molecule has 0 radical (unpaired) electrons. The summed E-state index contributed by atoms with van der Waals surface area (Å²) >= 11 is 17.6. The molecular weight excluding hydrogens is 425 g/mol. The molecule has 2 heterocycles. The molecular formula is C16H11Cl3F2N4O2. The van der Waals surface area contributed by atoms with Gasteiger partial charge in [0.15, 0.2) is 22.8 Å². The Morgan fingerprint density at radius 1 is 1.19 bits per heavy atom. The normalized spacial score (nSPS) is 12.6. The van der Waals surface area contributed by atoms with Crippen molar-refractivity contribution in [2.45, 2.75) is 19.6 Å². The van der Waals surface area contributed by atoms with Crippen LogP contribution in [0, 0.1) is 0 Å². The Labute approximate surface area is 166 Å². The molecule has 0 saturated heterocycles. The van der Waals surface area contributed by atoms with Crippen molar-refractivity contribution in [3.8, 4) is 0 Å². The van der Waals surface area contributed by atoms with E-state index < -0.39 is 18.6 Å². The second-order valence-electron chi connectivity index (χ2n) is 5.45. The molecule has 0 amide bonds. The topological polar surface area (TPSA) is 83.0 Å². The fourth-order valence-corrected chi connectivity index (χ4v) is 3.08. The Balaban J connectivity index is 1.97. The van der Waals surface area contributed by atoms with Gasteiger partial charge in [-0.1, -0.05) is 46.9 Å². The van der Waals surface area contributed by atoms with E-state index in [0.29, 0.717) is 10.1 Å². The molecule has 1 atom stereocenters. The lowest BCUT2D eigenvalue weighted by molar-refractivity contribution is 0.0227. The molecule has 0 aliphatic rings. The Bertz CT molecular complexity index is 1040. The van der Waals surface area contributed by atoms with Crippen LogP contribution in [0.15, 0.2) is 24.3 Å². The number of hydrogen-bond donors (Lipinski definition) is 1. The second kappa shape index (κ2) is 7.46. The number of nitrogens with two attached hydrogens (primary N) is 1. The Morgan fingerprint density at radius 3 is 2.52 bits per heavy atom. The first kappa shape index (κ1) is 19.6. The van der Waals surface area contributed by atoms with Crippen LogP contribution in [0.1, 0.15) is 35.9 Å². The predicted molar refractivity (Wildman–Crippen MR) is 98.5 cm³/mol. The third-order valence-corrected chi connectivity index (χ3v) is 4.87. The number of ether oxygens (including phenoxy) is 1. The lowest BCUT2D eigenvalue weighted by atomic mass is 10.3. The van der Waals surface area contributed by atoms with Gasteiger partial charge in [-0.25, -0.2) is 14.8 Å². The minimum Gasteiger partial charge on any atom is -0.450 e. The number of benzene rings is 1. The number of carbonyl (C=O) groups excluding carboxylic acids is 1. The van der Waals surface area contributed by atoms with Crippen molar-refractivity contribution in [3.05, 3.63) is 51.0 Å². The number of carbonyl (C=O) groups is 1. The molecule has 0 aliphatic carbocycles. The number of imidazole rings is 1. The minimum atomic E-state index is -2.88. The van der Waals surface area contributed by atoms with Crippen molar-refractivity contribution >= 4 is 57.5 Å². The first-order valence-corrected chi connectivity index (χ1v) is 8.61. The summed E-state index contributed by atoms with van der Waals surface area (Å²) in [6, 6.07) is 6.33. The molecule has 0 saturated carbocycles. The van der Waals surface area contributed by atoms with Crippen molar-refractivity contribution in [1.29, 1.82) is 0 Å². The Hall–Kier alpha value is -2.16. The number of esters is 1. The SMILES string of the molecule is C[C@@H](OC(=O)c1nc(Cl)c(Cl)c(N)c1Cl)c1nc2ccccc2n1C(F)F. The van der Waals surface area contributed by atoms with E-state index in [9.17, 15) is 13.6 Å². The zero-order chi connectivity index (χ0) is 19.9. The van der Waals surface area contributed by atoms with E-state index in [1.165, 1.54) is 13.0 Å². The molecule has 2 aromatic heterocycles. The van der Waals surface area contributed by atoms with Gasteiger partial charge in [0, 0.05) is 0 Å². The molecule has 6 nitrogen and oxygen atoms in total. The summed E-state index contributed by atoms with van der Waals surface area (Å²) in [7, 11) is 0. The number of rotatable bonds is 4. The molecule has 2 N–H and O–H groups in total. The van der Waals surface area contributed by atoms with Gasteiger partial charge in [0.1, 0.15) is 5.02 Å².